The van der Waals surface area contributed by atoms with E-state index in [-0.39, 0.29) is 12.0 Å². The van der Waals surface area contributed by atoms with E-state index in [0.29, 0.717) is 18.0 Å². The summed E-state index contributed by atoms with van der Waals surface area (Å²) in [5.74, 6) is -1.90. The van der Waals surface area contributed by atoms with Crippen LogP contribution in [-0.4, -0.2) is 28.1 Å². The number of carboxylic acid groups (broad SMARTS) is 1. The molecule has 6 nitrogen and oxygen atoms in total. The zero-order valence-corrected chi connectivity index (χ0v) is 10.8. The average Bonchev–Trinajstić information content (AvgIpc) is 3.11. The number of carbonyl (C=O) groups is 2. The molecule has 0 saturated heterocycles. The van der Waals surface area contributed by atoms with Crippen LogP contribution in [0.15, 0.2) is 18.3 Å². The highest BCUT2D eigenvalue weighted by molar-refractivity contribution is 5.98. The minimum atomic E-state index is -0.926. The number of amides is 1. The maximum Gasteiger partial charge on any atom is 0.307 e. The van der Waals surface area contributed by atoms with Gasteiger partial charge in [0, 0.05) is 6.20 Å². The molecule has 1 aliphatic carbocycles. The first kappa shape index (κ1) is 13.3. The predicted octanol–water partition coefficient (Wildman–Crippen LogP) is 1.53. The molecule has 1 aromatic heterocycles. The van der Waals surface area contributed by atoms with Gasteiger partial charge < -0.3 is 15.2 Å². The number of hydrogen-bond acceptors (Lipinski definition) is 4. The van der Waals surface area contributed by atoms with Gasteiger partial charge in [-0.1, -0.05) is 0 Å². The minimum absolute atomic E-state index is 0.0572. The van der Waals surface area contributed by atoms with Gasteiger partial charge in [-0.25, -0.2) is 4.98 Å². The fraction of sp³-hybridized carbons (Fsp3) is 0.462. The molecule has 102 valence electrons. The lowest BCUT2D eigenvalue weighted by atomic mass is 10.3. The number of hydrogen-bond donors (Lipinski definition) is 2. The maximum atomic E-state index is 11.9. The molecule has 2 unspecified atom stereocenters. The van der Waals surface area contributed by atoms with Crippen LogP contribution < -0.4 is 10.1 Å². The van der Waals surface area contributed by atoms with Crippen molar-refractivity contribution in [3.8, 4) is 5.88 Å². The van der Waals surface area contributed by atoms with E-state index >= 15 is 0 Å². The van der Waals surface area contributed by atoms with Gasteiger partial charge in [0.1, 0.15) is 5.69 Å². The molecule has 0 radical (unpaired) electrons. The van der Waals surface area contributed by atoms with Crippen molar-refractivity contribution in [1.82, 2.24) is 4.98 Å². The molecule has 1 aromatic rings. The number of carboxylic acids is 1. The highest BCUT2D eigenvalue weighted by Crippen LogP contribution is 2.39. The molecule has 19 heavy (non-hydrogen) atoms. The van der Waals surface area contributed by atoms with Gasteiger partial charge in [-0.15, -0.1) is 0 Å². The molecule has 6 heteroatoms. The number of ether oxygens (including phenoxy) is 1. The molecule has 2 N–H and O–H groups in total. The second-order valence-corrected chi connectivity index (χ2v) is 4.80. The summed E-state index contributed by atoms with van der Waals surface area (Å²) in [6, 6.07) is 3.37. The SMILES string of the molecule is CC(C)Oc1ncccc1NC(=O)C1CC1C(=O)O. The number of nitrogens with zero attached hydrogens (tertiary/aromatic N) is 1. The number of carbonyl (C=O) groups excluding carboxylic acids is 1. The summed E-state index contributed by atoms with van der Waals surface area (Å²) in [6.45, 7) is 3.73. The van der Waals surface area contributed by atoms with Crippen molar-refractivity contribution in [2.75, 3.05) is 5.32 Å². The molecule has 0 spiro atoms. The molecular weight excluding hydrogens is 248 g/mol. The summed E-state index contributed by atoms with van der Waals surface area (Å²) in [5, 5.41) is 11.5. The summed E-state index contributed by atoms with van der Waals surface area (Å²) < 4.78 is 5.48. The minimum Gasteiger partial charge on any atom is -0.481 e. The number of nitrogens with one attached hydrogen (secondary N) is 1. The Morgan fingerprint density at radius 2 is 2.21 bits per heavy atom. The molecule has 1 amide bonds. The highest BCUT2D eigenvalue weighted by atomic mass is 16.5. The molecule has 2 atom stereocenters. The maximum absolute atomic E-state index is 11.9. The molecule has 0 aromatic carbocycles. The number of rotatable bonds is 5. The number of aromatic nitrogens is 1. The van der Waals surface area contributed by atoms with Crippen LogP contribution in [-0.2, 0) is 9.59 Å². The topological polar surface area (TPSA) is 88.5 Å². The number of aliphatic carboxylic acids is 1. The molecule has 2 rings (SSSR count). The van der Waals surface area contributed by atoms with Crippen LogP contribution in [0.25, 0.3) is 0 Å². The van der Waals surface area contributed by atoms with Crippen molar-refractivity contribution in [2.45, 2.75) is 26.4 Å². The Hall–Kier alpha value is -2.11. The van der Waals surface area contributed by atoms with Crippen molar-refractivity contribution in [1.29, 1.82) is 0 Å². The number of anilines is 1. The van der Waals surface area contributed by atoms with Gasteiger partial charge in [-0.05, 0) is 32.4 Å². The molecular formula is C13H16N2O4. The monoisotopic (exact) mass is 264 g/mol. The van der Waals surface area contributed by atoms with Crippen LogP contribution >= 0.6 is 0 Å². The lowest BCUT2D eigenvalue weighted by Crippen LogP contribution is -2.18. The number of pyridine rings is 1. The van der Waals surface area contributed by atoms with Crippen molar-refractivity contribution < 1.29 is 19.4 Å². The van der Waals surface area contributed by atoms with Gasteiger partial charge in [-0.3, -0.25) is 9.59 Å². The lowest BCUT2D eigenvalue weighted by molar-refractivity contribution is -0.139. The predicted molar refractivity (Wildman–Crippen MR) is 67.9 cm³/mol. The summed E-state index contributed by atoms with van der Waals surface area (Å²) >= 11 is 0. The van der Waals surface area contributed by atoms with Gasteiger partial charge in [0.15, 0.2) is 0 Å². The van der Waals surface area contributed by atoms with Crippen LogP contribution in [0.2, 0.25) is 0 Å². The lowest BCUT2D eigenvalue weighted by Gasteiger charge is -2.13. The van der Waals surface area contributed by atoms with Gasteiger partial charge in [0.2, 0.25) is 11.8 Å². The zero-order valence-electron chi connectivity index (χ0n) is 10.8. The fourth-order valence-electron chi connectivity index (χ4n) is 1.79. The van der Waals surface area contributed by atoms with E-state index in [0.717, 1.165) is 0 Å². The van der Waals surface area contributed by atoms with Crippen molar-refractivity contribution in [3.63, 3.8) is 0 Å². The Bertz CT molecular complexity index is 501. The van der Waals surface area contributed by atoms with Crippen molar-refractivity contribution in [2.24, 2.45) is 11.8 Å². The van der Waals surface area contributed by atoms with E-state index in [9.17, 15) is 9.59 Å². The molecule has 1 heterocycles. The van der Waals surface area contributed by atoms with Gasteiger partial charge in [0.25, 0.3) is 0 Å². The first-order chi connectivity index (χ1) is 8.99. The largest absolute Gasteiger partial charge is 0.481 e. The smallest absolute Gasteiger partial charge is 0.307 e. The summed E-state index contributed by atoms with van der Waals surface area (Å²) in [6.07, 6.45) is 1.91. The zero-order chi connectivity index (χ0) is 14.0. The Morgan fingerprint density at radius 3 is 2.79 bits per heavy atom. The second kappa shape index (κ2) is 5.26. The standard InChI is InChI=1S/C13H16N2O4/c1-7(2)19-12-10(4-3-5-14-12)15-11(16)8-6-9(8)13(17)18/h3-5,7-9H,6H2,1-2H3,(H,15,16)(H,17,18). The first-order valence-electron chi connectivity index (χ1n) is 6.14. The van der Waals surface area contributed by atoms with Crippen molar-refractivity contribution >= 4 is 17.6 Å². The van der Waals surface area contributed by atoms with Crippen LogP contribution in [0.4, 0.5) is 5.69 Å². The quantitative estimate of drug-likeness (QED) is 0.841. The van der Waals surface area contributed by atoms with E-state index in [1.807, 2.05) is 13.8 Å². The first-order valence-corrected chi connectivity index (χ1v) is 6.14. The third-order valence-electron chi connectivity index (χ3n) is 2.82. The van der Waals surface area contributed by atoms with Crippen LogP contribution in [0, 0.1) is 11.8 Å². The summed E-state index contributed by atoms with van der Waals surface area (Å²) in [7, 11) is 0. The van der Waals surface area contributed by atoms with Crippen LogP contribution in [0.5, 0.6) is 5.88 Å². The highest BCUT2D eigenvalue weighted by Gasteiger charge is 2.48. The van der Waals surface area contributed by atoms with E-state index < -0.39 is 17.8 Å². The van der Waals surface area contributed by atoms with E-state index in [4.69, 9.17) is 9.84 Å². The Balaban J connectivity index is 2.03. The third-order valence-corrected chi connectivity index (χ3v) is 2.82. The van der Waals surface area contributed by atoms with E-state index in [1.54, 1.807) is 18.3 Å². The van der Waals surface area contributed by atoms with Crippen LogP contribution in [0.1, 0.15) is 20.3 Å². The Morgan fingerprint density at radius 1 is 1.47 bits per heavy atom. The van der Waals surface area contributed by atoms with Gasteiger partial charge >= 0.3 is 5.97 Å². The van der Waals surface area contributed by atoms with E-state index in [1.165, 1.54) is 0 Å². The average molecular weight is 264 g/mol. The van der Waals surface area contributed by atoms with Crippen LogP contribution in [0.3, 0.4) is 0 Å². The third kappa shape index (κ3) is 3.21. The second-order valence-electron chi connectivity index (χ2n) is 4.80. The summed E-state index contributed by atoms with van der Waals surface area (Å²) in [4.78, 5) is 26.6. The van der Waals surface area contributed by atoms with E-state index in [2.05, 4.69) is 10.3 Å². The molecule has 1 aliphatic rings. The van der Waals surface area contributed by atoms with Gasteiger partial charge in [0.05, 0.1) is 17.9 Å². The Kier molecular flexibility index (Phi) is 3.69. The molecule has 1 fully saturated rings. The molecule has 1 saturated carbocycles. The Labute approximate surface area is 110 Å². The fourth-order valence-corrected chi connectivity index (χ4v) is 1.79. The summed E-state index contributed by atoms with van der Waals surface area (Å²) in [5.41, 5.74) is 0.470. The normalized spacial score (nSPS) is 21.0. The van der Waals surface area contributed by atoms with Gasteiger partial charge in [-0.2, -0.15) is 0 Å². The molecule has 0 aliphatic heterocycles. The molecule has 0 bridgehead atoms. The van der Waals surface area contributed by atoms with Crippen molar-refractivity contribution in [3.05, 3.63) is 18.3 Å².